The molecule has 1 saturated carbocycles. The van der Waals surface area contributed by atoms with Gasteiger partial charge in [-0.15, -0.1) is 0 Å². The Morgan fingerprint density at radius 3 is 2.63 bits per heavy atom. The van der Waals surface area contributed by atoms with Crippen molar-refractivity contribution in [2.24, 2.45) is 5.92 Å². The Morgan fingerprint density at radius 2 is 1.96 bits per heavy atom. The summed E-state index contributed by atoms with van der Waals surface area (Å²) in [6.07, 6.45) is 1.73. The fraction of sp³-hybridized carbons (Fsp3) is 0.667. The van der Waals surface area contributed by atoms with Crippen LogP contribution in [0.1, 0.15) is 51.4 Å². The standard InChI is InChI=1S/C21H33ClN4O/c1-16-4-3-5-19(20(16)22)26-14-12-25(13-15-26)11-10-17-6-8-18(9-7-17)24-21(27)23-2/h3-5,17-18H,6-15H2,1-2H3,(H2,23,24,27)/t17-,18-/i11D2,12D2,13D2,14D2,15D2. The van der Waals surface area contributed by atoms with Gasteiger partial charge in [0.1, 0.15) is 0 Å². The lowest BCUT2D eigenvalue weighted by Crippen LogP contribution is -2.47. The summed E-state index contributed by atoms with van der Waals surface area (Å²) in [5.41, 5.74) is 0.234. The first kappa shape index (κ1) is 10.9. The number of halogens is 1. The van der Waals surface area contributed by atoms with E-state index in [9.17, 15) is 4.79 Å². The predicted molar refractivity (Wildman–Crippen MR) is 113 cm³/mol. The number of hydrogen-bond acceptors (Lipinski definition) is 3. The normalized spacial score (nSPS) is 37.4. The van der Waals surface area contributed by atoms with Gasteiger partial charge in [0.25, 0.3) is 0 Å². The maximum absolute atomic E-state index is 11.6. The molecule has 0 radical (unpaired) electrons. The molecule has 6 heteroatoms. The molecule has 5 nitrogen and oxygen atoms in total. The molecular weight excluding hydrogens is 360 g/mol. The minimum Gasteiger partial charge on any atom is -0.368 e. The molecule has 0 aromatic heterocycles. The average molecular weight is 403 g/mol. The van der Waals surface area contributed by atoms with Gasteiger partial charge in [-0.2, -0.15) is 0 Å². The Bertz CT molecular complexity index is 989. The molecule has 150 valence electrons. The third kappa shape index (κ3) is 5.52. The number of rotatable bonds is 5. The summed E-state index contributed by atoms with van der Waals surface area (Å²) in [5, 5.41) is 5.22. The lowest BCUT2D eigenvalue weighted by Gasteiger charge is -2.37. The minimum atomic E-state index is -3.31. The van der Waals surface area contributed by atoms with Crippen LogP contribution in [0.25, 0.3) is 0 Å². The van der Waals surface area contributed by atoms with Gasteiger partial charge in [0.2, 0.25) is 0 Å². The molecule has 3 rings (SSSR count). The van der Waals surface area contributed by atoms with Crippen LogP contribution in [0.15, 0.2) is 18.2 Å². The van der Waals surface area contributed by atoms with Crippen molar-refractivity contribution >= 4 is 23.3 Å². The van der Waals surface area contributed by atoms with Gasteiger partial charge in [0.15, 0.2) is 0 Å². The second-order valence-corrected chi connectivity index (χ2v) is 7.21. The molecule has 2 aliphatic rings. The molecule has 0 bridgehead atoms. The molecule has 2 amide bonds. The van der Waals surface area contributed by atoms with E-state index in [1.165, 1.54) is 19.2 Å². The van der Waals surface area contributed by atoms with Crippen LogP contribution in [0.5, 0.6) is 0 Å². The van der Waals surface area contributed by atoms with Crippen LogP contribution in [-0.2, 0) is 0 Å². The van der Waals surface area contributed by atoms with E-state index in [2.05, 4.69) is 10.6 Å². The van der Waals surface area contributed by atoms with Gasteiger partial charge in [-0.1, -0.05) is 23.7 Å². The molecule has 0 atom stereocenters. The number of hydrogen-bond donors (Lipinski definition) is 2. The second kappa shape index (κ2) is 9.65. The number of aryl methyl sites for hydroxylation is 1. The molecule has 27 heavy (non-hydrogen) atoms. The molecule has 0 unspecified atom stereocenters. The summed E-state index contributed by atoms with van der Waals surface area (Å²) >= 11 is 6.34. The van der Waals surface area contributed by atoms with Gasteiger partial charge in [-0.05, 0) is 63.1 Å². The topological polar surface area (TPSA) is 47.6 Å². The summed E-state index contributed by atoms with van der Waals surface area (Å²) in [5.74, 6) is -0.301. The van der Waals surface area contributed by atoms with E-state index < -0.39 is 32.5 Å². The van der Waals surface area contributed by atoms with Crippen molar-refractivity contribution < 1.29 is 18.5 Å². The predicted octanol–water partition coefficient (Wildman–Crippen LogP) is 3.65. The average Bonchev–Trinajstić information content (AvgIpc) is 2.76. The first-order chi connectivity index (χ1) is 16.8. The highest BCUT2D eigenvalue weighted by atomic mass is 35.5. The molecule has 1 heterocycles. The number of anilines is 1. The van der Waals surface area contributed by atoms with Crippen molar-refractivity contribution in [2.45, 2.75) is 45.1 Å². The summed E-state index contributed by atoms with van der Waals surface area (Å²) in [4.78, 5) is 12.0. The van der Waals surface area contributed by atoms with E-state index in [-0.39, 0.29) is 40.0 Å². The van der Waals surface area contributed by atoms with Gasteiger partial charge in [0.05, 0.1) is 16.2 Å². The second-order valence-electron chi connectivity index (χ2n) is 6.83. The van der Waals surface area contributed by atoms with Gasteiger partial charge >= 0.3 is 6.03 Å². The van der Waals surface area contributed by atoms with Crippen LogP contribution in [0.3, 0.4) is 0 Å². The Balaban J connectivity index is 1.96. The lowest BCUT2D eigenvalue weighted by molar-refractivity contribution is 0.206. The smallest absolute Gasteiger partial charge is 0.314 e. The Morgan fingerprint density at radius 1 is 1.26 bits per heavy atom. The van der Waals surface area contributed by atoms with E-state index in [1.54, 1.807) is 13.0 Å². The maximum Gasteiger partial charge on any atom is 0.314 e. The molecule has 1 aliphatic carbocycles. The SMILES string of the molecule is [2H]C([2H])(C[C@H]1CC[C@H](NC(=O)NC)CC1)N1C([2H])([2H])C([2H])([2H])N(c2cccc(C)c2Cl)C([2H])([2H])C1([2H])[2H]. The Kier molecular flexibility index (Phi) is 3.90. The van der Waals surface area contributed by atoms with Gasteiger partial charge < -0.3 is 15.5 Å². The molecular formula is C21H33ClN4O. The largest absolute Gasteiger partial charge is 0.368 e. The maximum atomic E-state index is 11.6. The number of amides is 2. The molecule has 1 aromatic carbocycles. The molecule has 2 N–H and O–H groups in total. The van der Waals surface area contributed by atoms with E-state index in [0.717, 1.165) is 0 Å². The van der Waals surface area contributed by atoms with Crippen LogP contribution in [0.4, 0.5) is 10.5 Å². The fourth-order valence-corrected chi connectivity index (χ4v) is 3.46. The lowest BCUT2D eigenvalue weighted by atomic mass is 9.84. The number of piperazine rings is 1. The van der Waals surface area contributed by atoms with E-state index in [0.29, 0.717) is 36.1 Å². The molecule has 2 fully saturated rings. The third-order valence-corrected chi connectivity index (χ3v) is 5.40. The summed E-state index contributed by atoms with van der Waals surface area (Å²) in [7, 11) is 1.50. The number of carbonyl (C=O) groups is 1. The van der Waals surface area contributed by atoms with Crippen molar-refractivity contribution in [3.05, 3.63) is 28.8 Å². The van der Waals surface area contributed by atoms with E-state index in [4.69, 9.17) is 25.3 Å². The van der Waals surface area contributed by atoms with Crippen molar-refractivity contribution in [3.8, 4) is 0 Å². The van der Waals surface area contributed by atoms with Gasteiger partial charge in [-0.3, -0.25) is 4.90 Å². The Hall–Kier alpha value is -1.46. The van der Waals surface area contributed by atoms with Crippen LogP contribution in [0, 0.1) is 12.8 Å². The molecule has 1 aliphatic heterocycles. The van der Waals surface area contributed by atoms with Gasteiger partial charge in [-0.25, -0.2) is 4.79 Å². The molecule has 1 aromatic rings. The highest BCUT2D eigenvalue weighted by Crippen LogP contribution is 2.30. The number of carbonyl (C=O) groups excluding carboxylic acids is 1. The van der Waals surface area contributed by atoms with Crippen molar-refractivity contribution in [3.63, 3.8) is 0 Å². The number of benzene rings is 1. The van der Waals surface area contributed by atoms with Gasteiger partial charge in [0, 0.05) is 47.3 Å². The summed E-state index contributed by atoms with van der Waals surface area (Å²) in [6.45, 7) is -14.2. The fourth-order valence-electron chi connectivity index (χ4n) is 3.25. The highest BCUT2D eigenvalue weighted by molar-refractivity contribution is 6.34. The van der Waals surface area contributed by atoms with E-state index in [1.807, 2.05) is 0 Å². The Labute approximate surface area is 182 Å². The number of nitrogens with one attached hydrogen (secondary N) is 2. The monoisotopic (exact) mass is 402 g/mol. The summed E-state index contributed by atoms with van der Waals surface area (Å²) in [6, 6.07) is 3.94. The third-order valence-electron chi connectivity index (χ3n) is 4.91. The highest BCUT2D eigenvalue weighted by Gasteiger charge is 2.24. The van der Waals surface area contributed by atoms with Crippen molar-refractivity contribution in [1.82, 2.24) is 15.5 Å². The van der Waals surface area contributed by atoms with Crippen molar-refractivity contribution in [1.29, 1.82) is 0 Å². The minimum absolute atomic E-state index is 0.0552. The van der Waals surface area contributed by atoms with Crippen LogP contribution >= 0.6 is 11.6 Å². The first-order valence-corrected chi connectivity index (χ1v) is 9.54. The van der Waals surface area contributed by atoms with Crippen LogP contribution < -0.4 is 15.5 Å². The van der Waals surface area contributed by atoms with Crippen LogP contribution in [0.2, 0.25) is 5.02 Å². The molecule has 1 saturated heterocycles. The quantitative estimate of drug-likeness (QED) is 0.790. The molecule has 0 spiro atoms. The zero-order valence-corrected chi connectivity index (χ0v) is 16.4. The number of urea groups is 1. The zero-order valence-electron chi connectivity index (χ0n) is 25.6. The first-order valence-electron chi connectivity index (χ1n) is 14.2. The van der Waals surface area contributed by atoms with Crippen molar-refractivity contribution in [2.75, 3.05) is 44.4 Å². The van der Waals surface area contributed by atoms with Crippen LogP contribution in [-0.4, -0.2) is 56.5 Å². The zero-order chi connectivity index (χ0) is 28.2. The van der Waals surface area contributed by atoms with E-state index >= 15 is 0 Å². The number of nitrogens with zero attached hydrogens (tertiary/aromatic N) is 2. The summed E-state index contributed by atoms with van der Waals surface area (Å²) < 4.78 is 86.7.